The number of methoxy groups -OCH3 is 1. The number of terminal acetylenes is 1. The Balaban J connectivity index is 3.30. The summed E-state index contributed by atoms with van der Waals surface area (Å²) in [5.41, 5.74) is 1.91. The first kappa shape index (κ1) is 10.4. The molecule has 14 heavy (non-hydrogen) atoms. The van der Waals surface area contributed by atoms with E-state index in [0.29, 0.717) is 0 Å². The van der Waals surface area contributed by atoms with E-state index >= 15 is 0 Å². The van der Waals surface area contributed by atoms with Gasteiger partial charge in [0.15, 0.2) is 0 Å². The van der Waals surface area contributed by atoms with E-state index < -0.39 is 0 Å². The minimum Gasteiger partial charge on any atom is -0.495 e. The van der Waals surface area contributed by atoms with Crippen LogP contribution >= 0.6 is 0 Å². The Morgan fingerprint density at radius 1 is 1.57 bits per heavy atom. The van der Waals surface area contributed by atoms with E-state index in [1.165, 1.54) is 0 Å². The molecule has 0 N–H and O–H groups in total. The molecule has 1 nitrogen and oxygen atoms in total. The third kappa shape index (κ3) is 1.80. The van der Waals surface area contributed by atoms with Crippen molar-refractivity contribution in [1.29, 1.82) is 0 Å². The second-order valence-electron chi connectivity index (χ2n) is 3.09. The molecular formula is C13H14O. The summed E-state index contributed by atoms with van der Waals surface area (Å²) in [5, 5.41) is 0. The highest BCUT2D eigenvalue weighted by molar-refractivity contribution is 5.52. The number of hydrogen-bond acceptors (Lipinski definition) is 1. The van der Waals surface area contributed by atoms with Crippen LogP contribution in [0.3, 0.4) is 0 Å². The quantitative estimate of drug-likeness (QED) is 0.521. The fourth-order valence-electron chi connectivity index (χ4n) is 1.38. The van der Waals surface area contributed by atoms with Crippen LogP contribution in [0.2, 0.25) is 0 Å². The summed E-state index contributed by atoms with van der Waals surface area (Å²) in [6, 6.07) is 5.81. The molecule has 0 aliphatic heterocycles. The standard InChI is InChI=1S/C13H14O/c1-5-10(3)12-8-7-9-13(14-4)11(12)6-2/h2,5,7-10H,1H2,3-4H3. The largest absolute Gasteiger partial charge is 0.495 e. The Morgan fingerprint density at radius 3 is 2.79 bits per heavy atom. The topological polar surface area (TPSA) is 9.23 Å². The fraction of sp³-hybridized carbons (Fsp3) is 0.231. The summed E-state index contributed by atoms with van der Waals surface area (Å²) in [6.07, 6.45) is 7.33. The van der Waals surface area contributed by atoms with Gasteiger partial charge in [-0.25, -0.2) is 0 Å². The monoisotopic (exact) mass is 186 g/mol. The Bertz CT molecular complexity index is 371. The molecule has 0 saturated carbocycles. The summed E-state index contributed by atoms with van der Waals surface area (Å²) in [4.78, 5) is 0. The SMILES string of the molecule is C#Cc1c(OC)cccc1C(C)C=C. The lowest BCUT2D eigenvalue weighted by Gasteiger charge is -2.12. The molecule has 0 spiro atoms. The molecule has 1 aromatic rings. The first-order valence-corrected chi connectivity index (χ1v) is 4.50. The smallest absolute Gasteiger partial charge is 0.134 e. The summed E-state index contributed by atoms with van der Waals surface area (Å²) >= 11 is 0. The van der Waals surface area contributed by atoms with Crippen molar-refractivity contribution in [3.05, 3.63) is 42.0 Å². The molecule has 1 atom stereocenters. The van der Waals surface area contributed by atoms with Gasteiger partial charge in [0.05, 0.1) is 12.7 Å². The summed E-state index contributed by atoms with van der Waals surface area (Å²) in [5.74, 6) is 3.65. The van der Waals surface area contributed by atoms with Gasteiger partial charge >= 0.3 is 0 Å². The van der Waals surface area contributed by atoms with Crippen LogP contribution in [-0.4, -0.2) is 7.11 Å². The molecule has 1 rings (SSSR count). The molecule has 0 fully saturated rings. The van der Waals surface area contributed by atoms with Crippen molar-refractivity contribution in [3.8, 4) is 18.1 Å². The average Bonchev–Trinajstić information content (AvgIpc) is 2.26. The van der Waals surface area contributed by atoms with Gasteiger partial charge in [-0.2, -0.15) is 0 Å². The molecule has 1 aromatic carbocycles. The second kappa shape index (κ2) is 4.53. The van der Waals surface area contributed by atoms with Crippen LogP contribution in [0.25, 0.3) is 0 Å². The van der Waals surface area contributed by atoms with Crippen molar-refractivity contribution in [2.75, 3.05) is 7.11 Å². The zero-order valence-electron chi connectivity index (χ0n) is 8.58. The minimum atomic E-state index is 0.246. The number of allylic oxidation sites excluding steroid dienone is 1. The maximum atomic E-state index is 5.46. The van der Waals surface area contributed by atoms with Crippen molar-refractivity contribution in [2.24, 2.45) is 0 Å². The summed E-state index contributed by atoms with van der Waals surface area (Å²) in [6.45, 7) is 5.82. The van der Waals surface area contributed by atoms with Gasteiger partial charge < -0.3 is 4.74 Å². The average molecular weight is 186 g/mol. The molecular weight excluding hydrogens is 172 g/mol. The van der Waals surface area contributed by atoms with E-state index in [0.717, 1.165) is 16.9 Å². The van der Waals surface area contributed by atoms with Crippen LogP contribution in [0.1, 0.15) is 24.0 Å². The van der Waals surface area contributed by atoms with E-state index in [9.17, 15) is 0 Å². The Hall–Kier alpha value is -1.68. The molecule has 1 heteroatoms. The number of ether oxygens (including phenoxy) is 1. The number of benzene rings is 1. The van der Waals surface area contributed by atoms with E-state index in [1.54, 1.807) is 7.11 Å². The lowest BCUT2D eigenvalue weighted by molar-refractivity contribution is 0.413. The molecule has 72 valence electrons. The predicted molar refractivity (Wildman–Crippen MR) is 59.5 cm³/mol. The Kier molecular flexibility index (Phi) is 3.36. The highest BCUT2D eigenvalue weighted by Crippen LogP contribution is 2.27. The molecule has 0 aliphatic carbocycles. The van der Waals surface area contributed by atoms with Crippen LogP contribution in [0.4, 0.5) is 0 Å². The van der Waals surface area contributed by atoms with Gasteiger partial charge in [-0.3, -0.25) is 0 Å². The first-order valence-electron chi connectivity index (χ1n) is 4.50. The summed E-state index contributed by atoms with van der Waals surface area (Å²) in [7, 11) is 1.62. The third-order valence-corrected chi connectivity index (χ3v) is 2.27. The van der Waals surface area contributed by atoms with Gasteiger partial charge in [0.2, 0.25) is 0 Å². The van der Waals surface area contributed by atoms with Gasteiger partial charge in [-0.1, -0.05) is 31.1 Å². The maximum Gasteiger partial charge on any atom is 0.134 e. The highest BCUT2D eigenvalue weighted by Gasteiger charge is 2.09. The van der Waals surface area contributed by atoms with Crippen LogP contribution in [0.5, 0.6) is 5.75 Å². The minimum absolute atomic E-state index is 0.246. The summed E-state index contributed by atoms with van der Waals surface area (Å²) < 4.78 is 5.19. The van der Waals surface area contributed by atoms with Crippen molar-refractivity contribution in [3.63, 3.8) is 0 Å². The van der Waals surface area contributed by atoms with Crippen LogP contribution in [0.15, 0.2) is 30.9 Å². The van der Waals surface area contributed by atoms with Gasteiger partial charge in [0.1, 0.15) is 5.75 Å². The van der Waals surface area contributed by atoms with Crippen molar-refractivity contribution < 1.29 is 4.74 Å². The lowest BCUT2D eigenvalue weighted by Crippen LogP contribution is -1.96. The van der Waals surface area contributed by atoms with Gasteiger partial charge in [0.25, 0.3) is 0 Å². The lowest BCUT2D eigenvalue weighted by atomic mass is 9.95. The normalized spacial score (nSPS) is 11.5. The van der Waals surface area contributed by atoms with Crippen molar-refractivity contribution >= 4 is 0 Å². The second-order valence-corrected chi connectivity index (χ2v) is 3.09. The van der Waals surface area contributed by atoms with Gasteiger partial charge in [-0.05, 0) is 11.6 Å². The molecule has 0 aromatic heterocycles. The third-order valence-electron chi connectivity index (χ3n) is 2.27. The fourth-order valence-corrected chi connectivity index (χ4v) is 1.38. The molecule has 0 heterocycles. The molecule has 0 amide bonds. The zero-order valence-corrected chi connectivity index (χ0v) is 8.58. The highest BCUT2D eigenvalue weighted by atomic mass is 16.5. The number of rotatable bonds is 3. The van der Waals surface area contributed by atoms with Crippen LogP contribution < -0.4 is 4.74 Å². The maximum absolute atomic E-state index is 5.46. The Morgan fingerprint density at radius 2 is 2.29 bits per heavy atom. The van der Waals surface area contributed by atoms with Gasteiger partial charge in [-0.15, -0.1) is 13.0 Å². The van der Waals surface area contributed by atoms with Gasteiger partial charge in [0, 0.05) is 5.92 Å². The molecule has 0 aliphatic rings. The first-order chi connectivity index (χ1) is 6.74. The molecule has 0 bridgehead atoms. The van der Waals surface area contributed by atoms with E-state index in [2.05, 4.69) is 19.4 Å². The Labute approximate surface area is 85.4 Å². The molecule has 0 saturated heterocycles. The zero-order chi connectivity index (χ0) is 10.6. The van der Waals surface area contributed by atoms with Crippen LogP contribution in [0, 0.1) is 12.3 Å². The van der Waals surface area contributed by atoms with Crippen LogP contribution in [-0.2, 0) is 0 Å². The predicted octanol–water partition coefficient (Wildman–Crippen LogP) is 2.97. The number of hydrogen-bond donors (Lipinski definition) is 0. The van der Waals surface area contributed by atoms with E-state index in [1.807, 2.05) is 24.3 Å². The van der Waals surface area contributed by atoms with E-state index in [4.69, 9.17) is 11.2 Å². The molecule has 0 radical (unpaired) electrons. The molecule has 1 unspecified atom stereocenters. The van der Waals surface area contributed by atoms with E-state index in [-0.39, 0.29) is 5.92 Å². The van der Waals surface area contributed by atoms with Crippen molar-refractivity contribution in [2.45, 2.75) is 12.8 Å². The van der Waals surface area contributed by atoms with Crippen molar-refractivity contribution in [1.82, 2.24) is 0 Å².